The molecule has 1 saturated heterocycles. The molecule has 2 amide bonds. The summed E-state index contributed by atoms with van der Waals surface area (Å²) in [6.07, 6.45) is 4.30. The van der Waals surface area contributed by atoms with E-state index in [0.717, 1.165) is 58.7 Å². The molecule has 7 nitrogen and oxygen atoms in total. The number of benzene rings is 3. The summed E-state index contributed by atoms with van der Waals surface area (Å²) in [5.74, 6) is -0.470. The van der Waals surface area contributed by atoms with Gasteiger partial charge in [0.1, 0.15) is 6.04 Å². The second-order valence-corrected chi connectivity index (χ2v) is 9.92. The van der Waals surface area contributed by atoms with E-state index in [2.05, 4.69) is 33.1 Å². The number of carbonyl (C=O) groups excluding carboxylic acids is 2. The lowest BCUT2D eigenvalue weighted by Gasteiger charge is -2.26. The molecule has 0 aliphatic carbocycles. The maximum Gasteiger partial charge on any atom is 0.243 e. The number of hydrogen-bond acceptors (Lipinski definition) is 4. The van der Waals surface area contributed by atoms with Crippen molar-refractivity contribution in [3.8, 4) is 0 Å². The topological polar surface area (TPSA) is 106 Å². The number of aliphatic hydroxyl groups excluding tert-OH is 1. The van der Waals surface area contributed by atoms with E-state index in [1.165, 1.54) is 0 Å². The molecule has 5 rings (SSSR count). The monoisotopic (exact) mass is 498 g/mol. The zero-order valence-electron chi connectivity index (χ0n) is 20.9. The molecule has 192 valence electrons. The van der Waals surface area contributed by atoms with E-state index in [1.807, 2.05) is 60.8 Å². The van der Waals surface area contributed by atoms with Crippen LogP contribution in [0.15, 0.2) is 72.9 Å². The van der Waals surface area contributed by atoms with Crippen molar-refractivity contribution in [1.29, 1.82) is 0 Å². The number of aliphatic hydroxyl groups is 1. The Bertz CT molecular complexity index is 1380. The second kappa shape index (κ2) is 11.6. The molecule has 0 radical (unpaired) electrons. The molecule has 1 aliphatic rings. The minimum atomic E-state index is -0.736. The standard InChI is InChI=1S/C30H34N4O3/c35-19-25(17-24-18-32-27-8-4-3-7-26(24)27)33-30(37)28(34-29(36)22-11-13-31-14-12-22)16-20-9-10-21-5-1-2-6-23(21)15-20/h1-10,15,18,22,25,28,31-32,35H,11-14,16-17,19H2,(H,33,37)(H,34,36)/t25-,28?/m1/s1. The Morgan fingerprint density at radius 1 is 0.919 bits per heavy atom. The van der Waals surface area contributed by atoms with Crippen LogP contribution in [0.1, 0.15) is 24.0 Å². The van der Waals surface area contributed by atoms with Crippen LogP contribution in [0.2, 0.25) is 0 Å². The summed E-state index contributed by atoms with van der Waals surface area (Å²) in [6.45, 7) is 1.41. The molecular weight excluding hydrogens is 464 g/mol. The van der Waals surface area contributed by atoms with Gasteiger partial charge in [-0.2, -0.15) is 0 Å². The fourth-order valence-electron chi connectivity index (χ4n) is 5.21. The predicted molar refractivity (Wildman–Crippen MR) is 146 cm³/mol. The van der Waals surface area contributed by atoms with Gasteiger partial charge in [-0.3, -0.25) is 9.59 Å². The van der Waals surface area contributed by atoms with Crippen molar-refractivity contribution in [3.05, 3.63) is 84.1 Å². The molecule has 1 fully saturated rings. The lowest BCUT2D eigenvalue weighted by molar-refractivity contribution is -0.132. The Hall–Kier alpha value is -3.68. The molecule has 0 spiro atoms. The predicted octanol–water partition coefficient (Wildman–Crippen LogP) is 3.07. The van der Waals surface area contributed by atoms with Crippen LogP contribution >= 0.6 is 0 Å². The van der Waals surface area contributed by atoms with Gasteiger partial charge >= 0.3 is 0 Å². The van der Waals surface area contributed by atoms with Crippen LogP contribution in [0, 0.1) is 5.92 Å². The van der Waals surface area contributed by atoms with Crippen molar-refractivity contribution in [2.75, 3.05) is 19.7 Å². The first kappa shape index (κ1) is 25.0. The number of piperidine rings is 1. The number of amides is 2. The van der Waals surface area contributed by atoms with E-state index in [0.29, 0.717) is 12.8 Å². The highest BCUT2D eigenvalue weighted by Gasteiger charge is 2.28. The van der Waals surface area contributed by atoms with Gasteiger partial charge < -0.3 is 26.0 Å². The molecule has 3 aromatic carbocycles. The van der Waals surface area contributed by atoms with Gasteiger partial charge in [-0.25, -0.2) is 0 Å². The van der Waals surface area contributed by atoms with Crippen molar-refractivity contribution in [1.82, 2.24) is 20.9 Å². The normalized spacial score (nSPS) is 15.9. The first-order valence-electron chi connectivity index (χ1n) is 13.1. The zero-order valence-corrected chi connectivity index (χ0v) is 20.9. The van der Waals surface area contributed by atoms with Gasteiger partial charge in [0.2, 0.25) is 11.8 Å². The van der Waals surface area contributed by atoms with Gasteiger partial charge in [-0.05, 0) is 60.3 Å². The van der Waals surface area contributed by atoms with Crippen molar-refractivity contribution in [3.63, 3.8) is 0 Å². The molecule has 2 atom stereocenters. The average Bonchev–Trinajstić information content (AvgIpc) is 3.35. The lowest BCUT2D eigenvalue weighted by Crippen LogP contribution is -2.53. The SMILES string of the molecule is O=C(NC(Cc1ccc2ccccc2c1)C(=O)N[C@@H](CO)Cc1c[nH]c2ccccc12)C1CCNCC1. The van der Waals surface area contributed by atoms with Crippen LogP contribution in [0.5, 0.6) is 0 Å². The summed E-state index contributed by atoms with van der Waals surface area (Å²) in [5.41, 5.74) is 3.02. The van der Waals surface area contributed by atoms with Gasteiger partial charge in [0, 0.05) is 29.4 Å². The minimum absolute atomic E-state index is 0.0837. The van der Waals surface area contributed by atoms with Crippen LogP contribution in [0.25, 0.3) is 21.7 Å². The Morgan fingerprint density at radius 3 is 2.49 bits per heavy atom. The maximum atomic E-state index is 13.5. The molecule has 0 saturated carbocycles. The van der Waals surface area contributed by atoms with E-state index < -0.39 is 12.1 Å². The van der Waals surface area contributed by atoms with E-state index >= 15 is 0 Å². The Morgan fingerprint density at radius 2 is 1.68 bits per heavy atom. The number of aromatic amines is 1. The third-order valence-electron chi connectivity index (χ3n) is 7.30. The summed E-state index contributed by atoms with van der Waals surface area (Å²) < 4.78 is 0. The zero-order chi connectivity index (χ0) is 25.6. The van der Waals surface area contributed by atoms with E-state index in [4.69, 9.17) is 0 Å². The number of nitrogens with one attached hydrogen (secondary N) is 4. The number of H-pyrrole nitrogens is 1. The summed E-state index contributed by atoms with van der Waals surface area (Å²) in [6, 6.07) is 21.0. The van der Waals surface area contributed by atoms with Gasteiger partial charge in [0.25, 0.3) is 0 Å². The summed E-state index contributed by atoms with van der Waals surface area (Å²) in [5, 5.41) is 22.7. The quantitative estimate of drug-likeness (QED) is 0.245. The van der Waals surface area contributed by atoms with Crippen molar-refractivity contribution in [2.45, 2.75) is 37.8 Å². The third-order valence-corrected chi connectivity index (χ3v) is 7.30. The van der Waals surface area contributed by atoms with Crippen molar-refractivity contribution < 1.29 is 14.7 Å². The van der Waals surface area contributed by atoms with Gasteiger partial charge in [-0.15, -0.1) is 0 Å². The van der Waals surface area contributed by atoms with Crippen molar-refractivity contribution in [2.24, 2.45) is 5.92 Å². The largest absolute Gasteiger partial charge is 0.394 e. The van der Waals surface area contributed by atoms with Gasteiger partial charge in [-0.1, -0.05) is 60.7 Å². The van der Waals surface area contributed by atoms with E-state index in [-0.39, 0.29) is 24.3 Å². The number of rotatable bonds is 9. The molecule has 0 bridgehead atoms. The Balaban J connectivity index is 1.33. The molecule has 1 aromatic heterocycles. The molecule has 1 aliphatic heterocycles. The Kier molecular flexibility index (Phi) is 7.82. The minimum Gasteiger partial charge on any atom is -0.394 e. The first-order valence-corrected chi connectivity index (χ1v) is 13.1. The number of aromatic nitrogens is 1. The van der Waals surface area contributed by atoms with Gasteiger partial charge in [0.15, 0.2) is 0 Å². The summed E-state index contributed by atoms with van der Waals surface area (Å²) in [7, 11) is 0. The third kappa shape index (κ3) is 6.01. The molecule has 5 N–H and O–H groups in total. The smallest absolute Gasteiger partial charge is 0.243 e. The van der Waals surface area contributed by atoms with Crippen LogP contribution in [0.4, 0.5) is 0 Å². The fraction of sp³-hybridized carbons (Fsp3) is 0.333. The number of para-hydroxylation sites is 1. The van der Waals surface area contributed by atoms with E-state index in [1.54, 1.807) is 0 Å². The maximum absolute atomic E-state index is 13.5. The molecule has 2 heterocycles. The lowest BCUT2D eigenvalue weighted by atomic mass is 9.95. The average molecular weight is 499 g/mol. The summed E-state index contributed by atoms with van der Waals surface area (Å²) >= 11 is 0. The fourth-order valence-corrected chi connectivity index (χ4v) is 5.21. The highest BCUT2D eigenvalue weighted by atomic mass is 16.3. The first-order chi connectivity index (χ1) is 18.1. The number of fused-ring (bicyclic) bond motifs is 2. The molecule has 4 aromatic rings. The highest BCUT2D eigenvalue weighted by Crippen LogP contribution is 2.20. The Labute approximate surface area is 216 Å². The summed E-state index contributed by atoms with van der Waals surface area (Å²) in [4.78, 5) is 29.9. The molecule has 37 heavy (non-hydrogen) atoms. The highest BCUT2D eigenvalue weighted by molar-refractivity contribution is 5.90. The van der Waals surface area contributed by atoms with Crippen LogP contribution in [0.3, 0.4) is 0 Å². The van der Waals surface area contributed by atoms with E-state index in [9.17, 15) is 14.7 Å². The van der Waals surface area contributed by atoms with Crippen molar-refractivity contribution >= 4 is 33.5 Å². The molecule has 7 heteroatoms. The van der Waals surface area contributed by atoms with Crippen LogP contribution < -0.4 is 16.0 Å². The molecule has 1 unspecified atom stereocenters. The molecular formula is C30H34N4O3. The second-order valence-electron chi connectivity index (χ2n) is 9.92. The van der Waals surface area contributed by atoms with Gasteiger partial charge in [0.05, 0.1) is 12.6 Å². The van der Waals surface area contributed by atoms with Crippen LogP contribution in [-0.2, 0) is 22.4 Å². The number of hydrogen-bond donors (Lipinski definition) is 5. The number of carbonyl (C=O) groups is 2. The van der Waals surface area contributed by atoms with Crippen LogP contribution in [-0.4, -0.2) is 53.7 Å².